The van der Waals surface area contributed by atoms with Crippen molar-refractivity contribution in [3.05, 3.63) is 0 Å². The van der Waals surface area contributed by atoms with Crippen LogP contribution in [-0.2, 0) is 4.79 Å². The predicted molar refractivity (Wildman–Crippen MR) is 41.4 cm³/mol. The average molecular weight is 397 g/mol. The van der Waals surface area contributed by atoms with Crippen molar-refractivity contribution in [3.8, 4) is 0 Å². The fourth-order valence-corrected chi connectivity index (χ4v) is 1.03. The van der Waals surface area contributed by atoms with Gasteiger partial charge in [-0.3, -0.25) is 4.79 Å². The Bertz CT molecular complexity index is 486. The van der Waals surface area contributed by atoms with Crippen LogP contribution >= 0.6 is 0 Å². The van der Waals surface area contributed by atoms with Crippen molar-refractivity contribution < 1.29 is 70.7 Å². The van der Waals surface area contributed by atoms with E-state index < -0.39 is 48.0 Å². The van der Waals surface area contributed by atoms with E-state index in [4.69, 9.17) is 0 Å². The fourth-order valence-electron chi connectivity index (χ4n) is 1.03. The van der Waals surface area contributed by atoms with E-state index in [2.05, 4.69) is 0 Å². The molecule has 1 nitrogen and oxygen atoms in total. The summed E-state index contributed by atoms with van der Waals surface area (Å²) < 4.78 is 185. The minimum atomic E-state index is -8.37. The zero-order chi connectivity index (χ0) is 20.2. The standard InChI is InChI=1S/C8F15O/c9-2(10,1-24)3(11,12)4(13,14)5(15,16)6(17,18)7(19,20)8(21,22)23. The molecule has 0 saturated carbocycles. The SMILES string of the molecule is O=[C]C(F)(F)C(F)(F)C(F)(F)C(F)(F)C(F)(F)C(F)(F)C(F)(F)F. The van der Waals surface area contributed by atoms with E-state index in [1.165, 1.54) is 0 Å². The summed E-state index contributed by atoms with van der Waals surface area (Å²) in [7, 11) is 0. The highest BCUT2D eigenvalue weighted by molar-refractivity contribution is 5.63. The van der Waals surface area contributed by atoms with Gasteiger partial charge in [-0.1, -0.05) is 0 Å². The Labute approximate surface area is 120 Å². The van der Waals surface area contributed by atoms with Gasteiger partial charge in [-0.05, 0) is 0 Å². The van der Waals surface area contributed by atoms with Crippen LogP contribution in [0.1, 0.15) is 0 Å². The van der Waals surface area contributed by atoms with Gasteiger partial charge in [-0.2, -0.15) is 65.9 Å². The Balaban J connectivity index is 6.47. The van der Waals surface area contributed by atoms with Crippen LogP contribution in [0.15, 0.2) is 0 Å². The minimum absolute atomic E-state index is 1.22. The van der Waals surface area contributed by atoms with E-state index in [0.29, 0.717) is 0 Å². The van der Waals surface area contributed by atoms with Gasteiger partial charge in [0.2, 0.25) is 0 Å². The average Bonchev–Trinajstić information content (AvgIpc) is 2.36. The molecule has 24 heavy (non-hydrogen) atoms. The van der Waals surface area contributed by atoms with Gasteiger partial charge in [0.25, 0.3) is 6.29 Å². The van der Waals surface area contributed by atoms with Gasteiger partial charge in [0, 0.05) is 0 Å². The van der Waals surface area contributed by atoms with Crippen molar-refractivity contribution in [1.29, 1.82) is 0 Å². The van der Waals surface area contributed by atoms with Crippen molar-refractivity contribution >= 4 is 6.29 Å². The van der Waals surface area contributed by atoms with Crippen LogP contribution in [0, 0.1) is 0 Å². The first-order chi connectivity index (χ1) is 10.1. The molecule has 16 heteroatoms. The highest BCUT2D eigenvalue weighted by atomic mass is 19.4. The molecule has 0 rings (SSSR count). The number of halogens is 15. The molecule has 0 N–H and O–H groups in total. The van der Waals surface area contributed by atoms with Gasteiger partial charge < -0.3 is 0 Å². The van der Waals surface area contributed by atoms with E-state index in [1.807, 2.05) is 0 Å². The lowest BCUT2D eigenvalue weighted by Crippen LogP contribution is -2.72. The lowest BCUT2D eigenvalue weighted by atomic mass is 9.91. The smallest absolute Gasteiger partial charge is 0.283 e. The lowest BCUT2D eigenvalue weighted by Gasteiger charge is -2.40. The van der Waals surface area contributed by atoms with Crippen molar-refractivity contribution in [3.63, 3.8) is 0 Å². The van der Waals surface area contributed by atoms with Crippen molar-refractivity contribution in [2.24, 2.45) is 0 Å². The normalized spacial score (nSPS) is 16.3. The maximum absolute atomic E-state index is 12.7. The van der Waals surface area contributed by atoms with Crippen LogP contribution < -0.4 is 0 Å². The van der Waals surface area contributed by atoms with Crippen LogP contribution in [0.4, 0.5) is 65.9 Å². The summed E-state index contributed by atoms with van der Waals surface area (Å²) in [5.41, 5.74) is 0. The Morgan fingerprint density at radius 1 is 0.417 bits per heavy atom. The molecule has 0 aromatic rings. The summed E-state index contributed by atoms with van der Waals surface area (Å²) in [4.78, 5) is 9.40. The molecule has 0 heterocycles. The third kappa shape index (κ3) is 2.57. The van der Waals surface area contributed by atoms with Gasteiger partial charge in [0.15, 0.2) is 0 Å². The Hall–Kier alpha value is -1.38. The van der Waals surface area contributed by atoms with E-state index in [-0.39, 0.29) is 0 Å². The topological polar surface area (TPSA) is 17.1 Å². The van der Waals surface area contributed by atoms with Gasteiger partial charge in [-0.15, -0.1) is 0 Å². The van der Waals surface area contributed by atoms with Crippen LogP contribution in [0.2, 0.25) is 0 Å². The fraction of sp³-hybridized carbons (Fsp3) is 0.875. The first-order valence-electron chi connectivity index (χ1n) is 4.79. The van der Waals surface area contributed by atoms with Crippen LogP contribution in [0.25, 0.3) is 0 Å². The number of alkyl halides is 15. The van der Waals surface area contributed by atoms with E-state index in [1.54, 1.807) is 0 Å². The Morgan fingerprint density at radius 3 is 0.917 bits per heavy atom. The molecule has 0 aromatic carbocycles. The Morgan fingerprint density at radius 2 is 0.667 bits per heavy atom. The highest BCUT2D eigenvalue weighted by Gasteiger charge is 2.93. The number of hydrogen-bond acceptors (Lipinski definition) is 1. The van der Waals surface area contributed by atoms with E-state index >= 15 is 0 Å². The van der Waals surface area contributed by atoms with Crippen molar-refractivity contribution in [2.75, 3.05) is 0 Å². The molecule has 0 aliphatic carbocycles. The third-order valence-electron chi connectivity index (χ3n) is 2.46. The van der Waals surface area contributed by atoms with Gasteiger partial charge >= 0.3 is 41.7 Å². The first-order valence-corrected chi connectivity index (χ1v) is 4.79. The molecule has 0 aromatic heterocycles. The van der Waals surface area contributed by atoms with Gasteiger partial charge in [0.05, 0.1) is 0 Å². The maximum Gasteiger partial charge on any atom is 0.460 e. The predicted octanol–water partition coefficient (Wildman–Crippen LogP) is 4.47. The molecule has 143 valence electrons. The van der Waals surface area contributed by atoms with Crippen molar-refractivity contribution in [2.45, 2.75) is 41.7 Å². The second-order valence-corrected chi connectivity index (χ2v) is 4.05. The molecule has 1 radical (unpaired) electrons. The number of rotatable bonds is 6. The maximum atomic E-state index is 12.7. The molecule has 0 fully saturated rings. The molecule has 0 unspecified atom stereocenters. The van der Waals surface area contributed by atoms with E-state index in [0.717, 1.165) is 0 Å². The molecular formula is C8F15O. The third-order valence-corrected chi connectivity index (χ3v) is 2.46. The zero-order valence-electron chi connectivity index (χ0n) is 10.1. The monoisotopic (exact) mass is 397 g/mol. The zero-order valence-corrected chi connectivity index (χ0v) is 10.1. The largest absolute Gasteiger partial charge is 0.460 e. The molecule has 0 bridgehead atoms. The second kappa shape index (κ2) is 5.31. The van der Waals surface area contributed by atoms with Crippen LogP contribution in [0.3, 0.4) is 0 Å². The summed E-state index contributed by atoms with van der Waals surface area (Å²) in [5.74, 6) is -47.6. The first kappa shape index (κ1) is 22.6. The summed E-state index contributed by atoms with van der Waals surface area (Å²) in [6, 6.07) is 0. The molecule has 0 aliphatic heterocycles. The van der Waals surface area contributed by atoms with Crippen molar-refractivity contribution in [1.82, 2.24) is 0 Å². The van der Waals surface area contributed by atoms with Gasteiger partial charge in [0.1, 0.15) is 0 Å². The highest BCUT2D eigenvalue weighted by Crippen LogP contribution is 2.62. The molecule has 0 amide bonds. The molecule has 0 saturated heterocycles. The summed E-state index contributed by atoms with van der Waals surface area (Å²) >= 11 is 0. The molecule has 0 spiro atoms. The Kier molecular flexibility index (Phi) is 5.00. The summed E-state index contributed by atoms with van der Waals surface area (Å²) in [6.45, 7) is 0. The second-order valence-electron chi connectivity index (χ2n) is 4.05. The summed E-state index contributed by atoms with van der Waals surface area (Å²) in [6.07, 6.45) is -8.87. The lowest BCUT2D eigenvalue weighted by molar-refractivity contribution is -0.448. The minimum Gasteiger partial charge on any atom is -0.283 e. The molecular weight excluding hydrogens is 397 g/mol. The van der Waals surface area contributed by atoms with E-state index in [9.17, 15) is 70.7 Å². The molecule has 0 atom stereocenters. The van der Waals surface area contributed by atoms with Gasteiger partial charge in [-0.25, -0.2) is 0 Å². The molecule has 0 aliphatic rings. The number of carbonyl (C=O) groups excluding carboxylic acids is 1. The summed E-state index contributed by atoms with van der Waals surface area (Å²) in [5, 5.41) is 0. The van der Waals surface area contributed by atoms with Crippen LogP contribution in [-0.4, -0.2) is 48.0 Å². The van der Waals surface area contributed by atoms with Crippen LogP contribution in [0.5, 0.6) is 0 Å². The number of hydrogen-bond donors (Lipinski definition) is 0. The quantitative estimate of drug-likeness (QED) is 0.605.